The second-order valence-corrected chi connectivity index (χ2v) is 21.7. The van der Waals surface area contributed by atoms with Crippen LogP contribution in [0.5, 0.6) is 0 Å². The molecule has 0 aromatic heterocycles. The van der Waals surface area contributed by atoms with Crippen LogP contribution in [0.4, 0.5) is 0 Å². The first-order chi connectivity index (χ1) is 34.5. The van der Waals surface area contributed by atoms with E-state index in [1.54, 1.807) is 0 Å². The minimum absolute atomic E-state index is 0.0144. The summed E-state index contributed by atoms with van der Waals surface area (Å²) in [6, 6.07) is -0.542. The molecular weight excluding hydrogens is 863 g/mol. The summed E-state index contributed by atoms with van der Waals surface area (Å²) in [6.45, 7) is 4.96. The molecule has 0 saturated heterocycles. The largest absolute Gasteiger partial charge is 0.466 e. The smallest absolute Gasteiger partial charge is 0.305 e. The van der Waals surface area contributed by atoms with Crippen molar-refractivity contribution in [3.8, 4) is 0 Å². The second-order valence-electron chi connectivity index (χ2n) is 21.7. The molecule has 0 aromatic rings. The topological polar surface area (TPSA) is 95.9 Å². The van der Waals surface area contributed by atoms with Crippen LogP contribution in [0.2, 0.25) is 0 Å². The number of amides is 1. The fourth-order valence-corrected chi connectivity index (χ4v) is 9.91. The summed E-state index contributed by atoms with van der Waals surface area (Å²) in [5, 5.41) is 23.2. The fraction of sp³-hybridized carbons (Fsp3) is 0.906. The van der Waals surface area contributed by atoms with Gasteiger partial charge < -0.3 is 20.3 Å². The van der Waals surface area contributed by atoms with Crippen LogP contribution in [-0.4, -0.2) is 47.4 Å². The Balaban J connectivity index is 3.38. The van der Waals surface area contributed by atoms with E-state index in [0.29, 0.717) is 25.9 Å². The van der Waals surface area contributed by atoms with Gasteiger partial charge in [-0.3, -0.25) is 9.59 Å². The van der Waals surface area contributed by atoms with E-state index in [4.69, 9.17) is 4.74 Å². The number of ether oxygens (including phenoxy) is 1. The molecule has 0 aliphatic carbocycles. The predicted molar refractivity (Wildman–Crippen MR) is 306 cm³/mol. The number of hydrogen-bond acceptors (Lipinski definition) is 5. The number of allylic oxidation sites excluding steroid dienone is 4. The molecule has 414 valence electrons. The van der Waals surface area contributed by atoms with Crippen LogP contribution in [0.3, 0.4) is 0 Å². The molecule has 6 nitrogen and oxygen atoms in total. The van der Waals surface area contributed by atoms with Gasteiger partial charge in [-0.25, -0.2) is 0 Å². The van der Waals surface area contributed by atoms with Crippen molar-refractivity contribution in [1.29, 1.82) is 0 Å². The second kappa shape index (κ2) is 59.9. The zero-order valence-corrected chi connectivity index (χ0v) is 47.3. The van der Waals surface area contributed by atoms with E-state index in [9.17, 15) is 19.8 Å². The molecule has 0 spiro atoms. The Hall–Kier alpha value is -1.66. The molecule has 0 fully saturated rings. The lowest BCUT2D eigenvalue weighted by Gasteiger charge is -2.22. The molecule has 0 rings (SSSR count). The molecule has 0 bridgehead atoms. The van der Waals surface area contributed by atoms with E-state index in [-0.39, 0.29) is 18.5 Å². The molecule has 2 unspecified atom stereocenters. The first-order valence-corrected chi connectivity index (χ1v) is 31.6. The lowest BCUT2D eigenvalue weighted by molar-refractivity contribution is -0.143. The van der Waals surface area contributed by atoms with Gasteiger partial charge in [0, 0.05) is 12.8 Å². The predicted octanol–water partition coefficient (Wildman–Crippen LogP) is 19.8. The molecule has 0 radical (unpaired) electrons. The first-order valence-electron chi connectivity index (χ1n) is 31.6. The number of unbranched alkanes of at least 4 members (excludes halogenated alkanes) is 44. The maximum Gasteiger partial charge on any atom is 0.305 e. The number of aliphatic hydroxyl groups excluding tert-OH is 2. The number of nitrogens with one attached hydrogen (secondary N) is 1. The van der Waals surface area contributed by atoms with Gasteiger partial charge in [0.05, 0.1) is 25.4 Å². The van der Waals surface area contributed by atoms with Crippen molar-refractivity contribution >= 4 is 11.9 Å². The van der Waals surface area contributed by atoms with Crippen molar-refractivity contribution in [3.63, 3.8) is 0 Å². The summed E-state index contributed by atoms with van der Waals surface area (Å²) in [5.74, 6) is -0.0244. The third-order valence-corrected chi connectivity index (χ3v) is 14.8. The van der Waals surface area contributed by atoms with E-state index < -0.39 is 12.1 Å². The SMILES string of the molecule is CCCCCCCCCCCCCCCCCCC(=O)OCCCCCCCCCCC/C=C\C/C=C\CCCCCCCCCCCCCC(=O)NC(CO)C(O)CCCCCCCCCCCC. The van der Waals surface area contributed by atoms with Gasteiger partial charge in [0.15, 0.2) is 0 Å². The Morgan fingerprint density at radius 2 is 0.714 bits per heavy atom. The van der Waals surface area contributed by atoms with Gasteiger partial charge in [0.25, 0.3) is 0 Å². The van der Waals surface area contributed by atoms with E-state index in [0.717, 1.165) is 44.9 Å². The zero-order chi connectivity index (χ0) is 50.7. The number of hydrogen-bond donors (Lipinski definition) is 3. The summed E-state index contributed by atoms with van der Waals surface area (Å²) in [5.41, 5.74) is 0. The Labute approximate surface area is 437 Å². The number of aliphatic hydroxyl groups is 2. The average Bonchev–Trinajstić information content (AvgIpc) is 3.36. The summed E-state index contributed by atoms with van der Waals surface area (Å²) in [7, 11) is 0. The Morgan fingerprint density at radius 1 is 0.400 bits per heavy atom. The highest BCUT2D eigenvalue weighted by Crippen LogP contribution is 2.18. The van der Waals surface area contributed by atoms with E-state index >= 15 is 0 Å². The van der Waals surface area contributed by atoms with Gasteiger partial charge in [-0.05, 0) is 57.8 Å². The maximum atomic E-state index is 12.4. The van der Waals surface area contributed by atoms with Crippen LogP contribution >= 0.6 is 0 Å². The number of carbonyl (C=O) groups is 2. The third kappa shape index (κ3) is 55.7. The van der Waals surface area contributed by atoms with Crippen LogP contribution in [0, 0.1) is 0 Å². The van der Waals surface area contributed by atoms with Crippen LogP contribution in [-0.2, 0) is 14.3 Å². The molecule has 0 heterocycles. The lowest BCUT2D eigenvalue weighted by Crippen LogP contribution is -2.45. The van der Waals surface area contributed by atoms with Crippen LogP contribution < -0.4 is 5.32 Å². The van der Waals surface area contributed by atoms with Gasteiger partial charge in [-0.15, -0.1) is 0 Å². The Bertz CT molecular complexity index is 1090. The molecule has 0 aliphatic heterocycles. The van der Waals surface area contributed by atoms with Gasteiger partial charge >= 0.3 is 5.97 Å². The minimum atomic E-state index is -0.664. The molecular formula is C64H123NO5. The molecule has 0 aromatic carbocycles. The highest BCUT2D eigenvalue weighted by molar-refractivity contribution is 5.76. The molecule has 0 saturated carbocycles. The average molecular weight is 987 g/mol. The van der Waals surface area contributed by atoms with Gasteiger partial charge in [0.1, 0.15) is 0 Å². The Morgan fingerprint density at radius 3 is 1.09 bits per heavy atom. The number of esters is 1. The highest BCUT2D eigenvalue weighted by atomic mass is 16.5. The monoisotopic (exact) mass is 986 g/mol. The quantitative estimate of drug-likeness (QED) is 0.0321. The maximum absolute atomic E-state index is 12.4. The molecule has 1 amide bonds. The van der Waals surface area contributed by atoms with Crippen LogP contribution in [0.1, 0.15) is 348 Å². The summed E-state index contributed by atoms with van der Waals surface area (Å²) < 4.78 is 5.49. The van der Waals surface area contributed by atoms with Crippen molar-refractivity contribution in [3.05, 3.63) is 24.3 Å². The van der Waals surface area contributed by atoms with E-state index in [1.807, 2.05) is 0 Å². The van der Waals surface area contributed by atoms with Gasteiger partial charge in [-0.1, -0.05) is 301 Å². The Kier molecular flexibility index (Phi) is 58.5. The van der Waals surface area contributed by atoms with Crippen molar-refractivity contribution in [1.82, 2.24) is 5.32 Å². The molecule has 0 aliphatic rings. The van der Waals surface area contributed by atoms with Crippen molar-refractivity contribution < 1.29 is 24.5 Å². The third-order valence-electron chi connectivity index (χ3n) is 14.8. The molecule has 2 atom stereocenters. The highest BCUT2D eigenvalue weighted by Gasteiger charge is 2.20. The molecule has 70 heavy (non-hydrogen) atoms. The van der Waals surface area contributed by atoms with E-state index in [2.05, 4.69) is 43.5 Å². The van der Waals surface area contributed by atoms with Crippen LogP contribution in [0.15, 0.2) is 24.3 Å². The number of rotatable bonds is 59. The summed E-state index contributed by atoms with van der Waals surface area (Å²) in [4.78, 5) is 24.5. The summed E-state index contributed by atoms with van der Waals surface area (Å²) >= 11 is 0. The number of carbonyl (C=O) groups excluding carboxylic acids is 2. The van der Waals surface area contributed by atoms with Gasteiger partial charge in [-0.2, -0.15) is 0 Å². The molecule has 6 heteroatoms. The van der Waals surface area contributed by atoms with Crippen LogP contribution in [0.25, 0.3) is 0 Å². The zero-order valence-electron chi connectivity index (χ0n) is 47.3. The van der Waals surface area contributed by atoms with E-state index in [1.165, 1.54) is 270 Å². The van der Waals surface area contributed by atoms with Gasteiger partial charge in [0.2, 0.25) is 5.91 Å². The standard InChI is InChI=1S/C64H123NO5/c1-3-5-7-9-11-13-15-16-17-32-35-38-42-46-50-54-58-64(69)70-59-55-51-47-43-39-36-33-30-28-26-24-22-20-18-19-21-23-25-27-29-31-34-37-41-45-49-53-57-63(68)65-61(60-66)62(67)56-52-48-44-40-14-12-10-8-6-4-2/h18-19,22,24,61-62,66-67H,3-17,20-21,23,25-60H2,1-2H3,(H,65,68)/b19-18-,24-22-. The molecule has 3 N–H and O–H groups in total. The summed E-state index contributed by atoms with van der Waals surface area (Å²) in [6.07, 6.45) is 73.5. The van der Waals surface area contributed by atoms with Crippen molar-refractivity contribution in [2.45, 2.75) is 360 Å². The normalized spacial score (nSPS) is 12.7. The van der Waals surface area contributed by atoms with Crippen molar-refractivity contribution in [2.24, 2.45) is 0 Å². The van der Waals surface area contributed by atoms with Crippen molar-refractivity contribution in [2.75, 3.05) is 13.2 Å². The fourth-order valence-electron chi connectivity index (χ4n) is 9.91. The first kappa shape index (κ1) is 68.3. The lowest BCUT2D eigenvalue weighted by atomic mass is 10.0. The minimum Gasteiger partial charge on any atom is -0.466 e.